The molecule has 5 nitrogen and oxygen atoms in total. The van der Waals surface area contributed by atoms with Crippen LogP contribution in [-0.4, -0.2) is 16.9 Å². The highest BCUT2D eigenvalue weighted by molar-refractivity contribution is 6.06. The number of amides is 1. The number of carbonyl (C=O) groups excluding carboxylic acids is 1. The third kappa shape index (κ3) is 3.49. The Morgan fingerprint density at radius 1 is 1.04 bits per heavy atom. The fraction of sp³-hybridized carbons (Fsp3) is 0.0556. The number of benzene rings is 2. The summed E-state index contributed by atoms with van der Waals surface area (Å²) in [6.07, 6.45) is -3.67. The monoisotopic (exact) mass is 358 g/mol. The number of pyridine rings is 1. The Morgan fingerprint density at radius 3 is 2.42 bits per heavy atom. The van der Waals surface area contributed by atoms with E-state index in [0.29, 0.717) is 16.6 Å². The van der Waals surface area contributed by atoms with Crippen LogP contribution in [0.4, 0.5) is 13.2 Å². The minimum absolute atomic E-state index is 0.255. The predicted octanol–water partition coefficient (Wildman–Crippen LogP) is 3.33. The van der Waals surface area contributed by atoms with Gasteiger partial charge in [0.15, 0.2) is 5.96 Å². The second kappa shape index (κ2) is 6.47. The lowest BCUT2D eigenvalue weighted by molar-refractivity contribution is -0.137. The maximum absolute atomic E-state index is 12.7. The van der Waals surface area contributed by atoms with Gasteiger partial charge in [0, 0.05) is 17.3 Å². The molecule has 0 unspecified atom stereocenters. The average Bonchev–Trinajstić information content (AvgIpc) is 2.59. The molecule has 3 rings (SSSR count). The Kier molecular flexibility index (Phi) is 4.33. The van der Waals surface area contributed by atoms with Crippen LogP contribution in [0.3, 0.4) is 0 Å². The summed E-state index contributed by atoms with van der Waals surface area (Å²) in [5, 5.41) is 1.45. The molecule has 0 aliphatic carbocycles. The highest BCUT2D eigenvalue weighted by atomic mass is 19.4. The summed E-state index contributed by atoms with van der Waals surface area (Å²) in [6, 6.07) is 12.4. The molecule has 0 aliphatic rings. The van der Waals surface area contributed by atoms with Crippen LogP contribution < -0.4 is 11.5 Å². The van der Waals surface area contributed by atoms with Gasteiger partial charge in [0.25, 0.3) is 5.91 Å². The van der Waals surface area contributed by atoms with Crippen LogP contribution in [0.25, 0.3) is 22.0 Å². The van der Waals surface area contributed by atoms with Crippen LogP contribution in [0.15, 0.2) is 59.7 Å². The molecule has 0 fully saturated rings. The van der Waals surface area contributed by atoms with Gasteiger partial charge in [-0.1, -0.05) is 24.3 Å². The van der Waals surface area contributed by atoms with E-state index in [1.807, 2.05) is 6.07 Å². The highest BCUT2D eigenvalue weighted by Crippen LogP contribution is 2.32. The van der Waals surface area contributed by atoms with E-state index in [1.54, 1.807) is 30.3 Å². The number of guanidine groups is 1. The van der Waals surface area contributed by atoms with Gasteiger partial charge in [-0.2, -0.15) is 18.2 Å². The van der Waals surface area contributed by atoms with Crippen molar-refractivity contribution in [3.05, 3.63) is 65.9 Å². The maximum atomic E-state index is 12.7. The first-order valence-electron chi connectivity index (χ1n) is 7.46. The van der Waals surface area contributed by atoms with Crippen molar-refractivity contribution >= 4 is 22.6 Å². The van der Waals surface area contributed by atoms with Gasteiger partial charge in [-0.3, -0.25) is 9.78 Å². The number of rotatable bonds is 2. The van der Waals surface area contributed by atoms with Crippen molar-refractivity contribution in [2.24, 2.45) is 16.5 Å². The van der Waals surface area contributed by atoms with Gasteiger partial charge in [-0.15, -0.1) is 0 Å². The number of aliphatic imine (C=N–C) groups is 1. The first-order chi connectivity index (χ1) is 12.3. The Balaban J connectivity index is 2.11. The van der Waals surface area contributed by atoms with Crippen LogP contribution in [0.1, 0.15) is 15.9 Å². The largest absolute Gasteiger partial charge is 0.417 e. The molecule has 8 heteroatoms. The van der Waals surface area contributed by atoms with Crippen LogP contribution in [0.5, 0.6) is 0 Å². The number of hydrogen-bond donors (Lipinski definition) is 2. The Morgan fingerprint density at radius 2 is 1.81 bits per heavy atom. The Hall–Kier alpha value is -3.42. The Bertz CT molecular complexity index is 1010. The zero-order valence-electron chi connectivity index (χ0n) is 13.3. The lowest BCUT2D eigenvalue weighted by atomic mass is 9.99. The third-order valence-electron chi connectivity index (χ3n) is 3.73. The third-order valence-corrected chi connectivity index (χ3v) is 3.73. The second-order valence-corrected chi connectivity index (χ2v) is 5.51. The van der Waals surface area contributed by atoms with Gasteiger partial charge < -0.3 is 11.5 Å². The molecule has 0 atom stereocenters. The van der Waals surface area contributed by atoms with Crippen molar-refractivity contribution in [2.45, 2.75) is 6.18 Å². The summed E-state index contributed by atoms with van der Waals surface area (Å²) in [5.41, 5.74) is 10.8. The maximum Gasteiger partial charge on any atom is 0.417 e. The molecular formula is C18H13F3N4O. The molecule has 2 aromatic carbocycles. The van der Waals surface area contributed by atoms with Crippen molar-refractivity contribution in [3.8, 4) is 11.3 Å². The van der Waals surface area contributed by atoms with Crippen molar-refractivity contribution in [1.82, 2.24) is 4.98 Å². The molecule has 0 radical (unpaired) electrons. The molecule has 26 heavy (non-hydrogen) atoms. The van der Waals surface area contributed by atoms with Gasteiger partial charge in [-0.25, -0.2) is 0 Å². The highest BCUT2D eigenvalue weighted by Gasteiger charge is 2.30. The fourth-order valence-corrected chi connectivity index (χ4v) is 2.53. The van der Waals surface area contributed by atoms with E-state index < -0.39 is 17.6 Å². The van der Waals surface area contributed by atoms with Crippen LogP contribution in [0.2, 0.25) is 0 Å². The summed E-state index contributed by atoms with van der Waals surface area (Å²) in [4.78, 5) is 19.4. The number of fused-ring (bicyclic) bond motifs is 1. The summed E-state index contributed by atoms with van der Waals surface area (Å²) < 4.78 is 38.1. The van der Waals surface area contributed by atoms with E-state index in [2.05, 4.69) is 9.98 Å². The van der Waals surface area contributed by atoms with Crippen molar-refractivity contribution in [2.75, 3.05) is 0 Å². The smallest absolute Gasteiger partial charge is 0.370 e. The lowest BCUT2D eigenvalue weighted by Crippen LogP contribution is -2.24. The molecule has 0 saturated heterocycles. The molecule has 0 aliphatic heterocycles. The molecular weight excluding hydrogens is 345 g/mol. The SMILES string of the molecule is NC(N)=NC(=O)c1ccc2cccc(-c3ccc(C(F)(F)F)cn3)c2c1. The zero-order valence-corrected chi connectivity index (χ0v) is 13.3. The first kappa shape index (κ1) is 17.4. The summed E-state index contributed by atoms with van der Waals surface area (Å²) >= 11 is 0. The standard InChI is InChI=1S/C18H13F3N4O/c19-18(20,21)12-6-7-15(24-9-12)13-3-1-2-10-4-5-11(8-14(10)13)16(26)25-17(22)23/h1-9H,(H4,22,23,25,26). The molecule has 3 aromatic rings. The molecule has 0 saturated carbocycles. The van der Waals surface area contributed by atoms with E-state index in [0.717, 1.165) is 17.6 Å². The zero-order chi connectivity index (χ0) is 18.9. The van der Waals surface area contributed by atoms with Gasteiger partial charge >= 0.3 is 6.18 Å². The quantitative estimate of drug-likeness (QED) is 0.543. The number of hydrogen-bond acceptors (Lipinski definition) is 2. The van der Waals surface area contributed by atoms with E-state index in [4.69, 9.17) is 11.5 Å². The van der Waals surface area contributed by atoms with Gasteiger partial charge in [0.05, 0.1) is 11.3 Å². The first-order valence-corrected chi connectivity index (χ1v) is 7.46. The number of carbonyl (C=O) groups is 1. The van der Waals surface area contributed by atoms with E-state index in [-0.39, 0.29) is 11.5 Å². The van der Waals surface area contributed by atoms with Crippen LogP contribution in [-0.2, 0) is 6.18 Å². The predicted molar refractivity (Wildman–Crippen MR) is 92.3 cm³/mol. The minimum Gasteiger partial charge on any atom is -0.370 e. The van der Waals surface area contributed by atoms with Crippen molar-refractivity contribution in [1.29, 1.82) is 0 Å². The summed E-state index contributed by atoms with van der Waals surface area (Å²) in [7, 11) is 0. The number of halogens is 3. The van der Waals surface area contributed by atoms with Crippen molar-refractivity contribution < 1.29 is 18.0 Å². The Labute approximate surface area is 146 Å². The minimum atomic E-state index is -4.45. The van der Waals surface area contributed by atoms with Crippen LogP contribution in [0, 0.1) is 0 Å². The van der Waals surface area contributed by atoms with Crippen molar-refractivity contribution in [3.63, 3.8) is 0 Å². The molecule has 0 spiro atoms. The number of alkyl halides is 3. The van der Waals surface area contributed by atoms with Gasteiger partial charge in [-0.05, 0) is 35.0 Å². The summed E-state index contributed by atoms with van der Waals surface area (Å²) in [5.74, 6) is -0.963. The average molecular weight is 358 g/mol. The molecule has 4 N–H and O–H groups in total. The topological polar surface area (TPSA) is 94.4 Å². The molecule has 1 aromatic heterocycles. The molecule has 0 bridgehead atoms. The molecule has 1 heterocycles. The van der Waals surface area contributed by atoms with Gasteiger partial charge in [0.2, 0.25) is 0 Å². The van der Waals surface area contributed by atoms with Gasteiger partial charge in [0.1, 0.15) is 0 Å². The number of nitrogens with zero attached hydrogens (tertiary/aromatic N) is 2. The normalized spacial score (nSPS) is 11.3. The number of nitrogens with two attached hydrogens (primary N) is 2. The van der Waals surface area contributed by atoms with Crippen LogP contribution >= 0.6 is 0 Å². The number of aromatic nitrogens is 1. The van der Waals surface area contributed by atoms with E-state index >= 15 is 0 Å². The summed E-state index contributed by atoms with van der Waals surface area (Å²) in [6.45, 7) is 0. The molecule has 1 amide bonds. The second-order valence-electron chi connectivity index (χ2n) is 5.51. The van der Waals surface area contributed by atoms with E-state index in [9.17, 15) is 18.0 Å². The fourth-order valence-electron chi connectivity index (χ4n) is 2.53. The van der Waals surface area contributed by atoms with E-state index in [1.165, 1.54) is 6.07 Å². The lowest BCUT2D eigenvalue weighted by Gasteiger charge is -2.10. The molecule has 132 valence electrons.